The van der Waals surface area contributed by atoms with Gasteiger partial charge in [0.1, 0.15) is 15.6 Å². The number of aryl methyl sites for hydroxylation is 4. The summed E-state index contributed by atoms with van der Waals surface area (Å²) in [5.41, 5.74) is 11.8. The molecule has 1 atom stereocenters. The first kappa shape index (κ1) is 29.4. The van der Waals surface area contributed by atoms with Gasteiger partial charge in [-0.25, -0.2) is 8.42 Å². The van der Waals surface area contributed by atoms with Crippen LogP contribution in [0.25, 0.3) is 11.1 Å². The highest BCUT2D eigenvalue weighted by molar-refractivity contribution is 7.90. The van der Waals surface area contributed by atoms with Gasteiger partial charge in [0.25, 0.3) is 0 Å². The second-order valence-corrected chi connectivity index (χ2v) is 14.5. The molecule has 2 aliphatic carbocycles. The first-order valence-corrected chi connectivity index (χ1v) is 16.7. The third-order valence-corrected chi connectivity index (χ3v) is 10.2. The molecule has 0 saturated heterocycles. The Balaban J connectivity index is 1.29. The Morgan fingerprint density at radius 3 is 2.39 bits per heavy atom. The van der Waals surface area contributed by atoms with E-state index in [0.29, 0.717) is 25.4 Å². The molecule has 1 spiro atoms. The lowest BCUT2D eigenvalue weighted by atomic mass is 9.86. The van der Waals surface area contributed by atoms with Gasteiger partial charge in [-0.3, -0.25) is 4.79 Å². The minimum atomic E-state index is -2.98. The Morgan fingerprint density at radius 2 is 1.73 bits per heavy atom. The average Bonchev–Trinajstić information content (AvgIpc) is 3.62. The molecule has 0 radical (unpaired) electrons. The van der Waals surface area contributed by atoms with Crippen LogP contribution >= 0.6 is 0 Å². The lowest BCUT2D eigenvalue weighted by Crippen LogP contribution is -2.14. The number of hydrogen-bond acceptors (Lipinski definition) is 5. The van der Waals surface area contributed by atoms with Gasteiger partial charge in [0.05, 0.1) is 25.9 Å². The Morgan fingerprint density at radius 1 is 1.00 bits per heavy atom. The van der Waals surface area contributed by atoms with Crippen LogP contribution in [0.3, 0.4) is 0 Å². The summed E-state index contributed by atoms with van der Waals surface area (Å²) in [6, 6.07) is 17.6. The van der Waals surface area contributed by atoms with Crippen molar-refractivity contribution in [1.82, 2.24) is 0 Å². The molecule has 3 aromatic rings. The molecule has 1 fully saturated rings. The zero-order valence-corrected chi connectivity index (χ0v) is 25.8. The number of sulfone groups is 1. The first-order chi connectivity index (χ1) is 19.5. The Kier molecular flexibility index (Phi) is 8.34. The fraction of sp³-hybridized carbons (Fsp3) is 0.457. The molecule has 0 bridgehead atoms. The van der Waals surface area contributed by atoms with Crippen molar-refractivity contribution in [3.05, 3.63) is 87.5 Å². The standard InChI is InChI=1S/C35H42O5S/c1-23-18-29(40-16-7-17-41(5,37)38)19-24(2)34(23)30-9-6-8-27(25(30)3)12-10-26-11-13-31-28(20-26)22-35(14-15-35)32(31)21-33(36)39-4/h6,8-9,11,13,18-20,32H,7,10,12,14-17,21-22H2,1-5H3. The highest BCUT2D eigenvalue weighted by atomic mass is 32.2. The minimum Gasteiger partial charge on any atom is -0.494 e. The van der Waals surface area contributed by atoms with E-state index in [0.717, 1.165) is 36.1 Å². The number of carbonyl (C=O) groups is 1. The van der Waals surface area contributed by atoms with E-state index in [1.165, 1.54) is 65.2 Å². The third kappa shape index (κ3) is 6.53. The summed E-state index contributed by atoms with van der Waals surface area (Å²) in [5.74, 6) is 1.11. The van der Waals surface area contributed by atoms with Crippen molar-refractivity contribution in [2.45, 2.75) is 71.6 Å². The van der Waals surface area contributed by atoms with Crippen LogP contribution in [-0.2, 0) is 38.6 Å². The Bertz CT molecular complexity index is 1540. The van der Waals surface area contributed by atoms with E-state index in [1.54, 1.807) is 0 Å². The fourth-order valence-corrected chi connectivity index (χ4v) is 7.49. The van der Waals surface area contributed by atoms with Crippen molar-refractivity contribution in [3.8, 4) is 16.9 Å². The summed E-state index contributed by atoms with van der Waals surface area (Å²) in [6.45, 7) is 6.83. The van der Waals surface area contributed by atoms with Gasteiger partial charge in [-0.05, 0) is 127 Å². The zero-order chi connectivity index (χ0) is 29.4. The van der Waals surface area contributed by atoms with Crippen LogP contribution in [0.4, 0.5) is 0 Å². The lowest BCUT2D eigenvalue weighted by molar-refractivity contribution is -0.141. The molecule has 3 aromatic carbocycles. The van der Waals surface area contributed by atoms with E-state index in [9.17, 15) is 13.2 Å². The summed E-state index contributed by atoms with van der Waals surface area (Å²) >= 11 is 0. The van der Waals surface area contributed by atoms with Gasteiger partial charge in [-0.1, -0.05) is 36.4 Å². The van der Waals surface area contributed by atoms with E-state index in [2.05, 4.69) is 69.3 Å². The van der Waals surface area contributed by atoms with Crippen LogP contribution in [0.2, 0.25) is 0 Å². The largest absolute Gasteiger partial charge is 0.494 e. The van der Waals surface area contributed by atoms with Crippen molar-refractivity contribution in [3.63, 3.8) is 0 Å². The van der Waals surface area contributed by atoms with Crippen LogP contribution in [0.1, 0.15) is 70.5 Å². The molecule has 6 heteroatoms. The molecular weight excluding hydrogens is 532 g/mol. The molecule has 0 amide bonds. The first-order valence-electron chi connectivity index (χ1n) is 14.7. The predicted octanol–water partition coefficient (Wildman–Crippen LogP) is 6.86. The quantitative estimate of drug-likeness (QED) is 0.185. The monoisotopic (exact) mass is 574 g/mol. The SMILES string of the molecule is COC(=O)CC1c2ccc(CCc3cccc(-c4c(C)cc(OCCCS(C)(=O)=O)cc4C)c3C)cc2CC12CC2. The lowest BCUT2D eigenvalue weighted by Gasteiger charge is -2.18. The number of ether oxygens (including phenoxy) is 2. The molecule has 1 unspecified atom stereocenters. The third-order valence-electron chi connectivity index (χ3n) is 9.19. The van der Waals surface area contributed by atoms with Crippen LogP contribution in [-0.4, -0.2) is 40.1 Å². The molecule has 5 rings (SSSR count). The highest BCUT2D eigenvalue weighted by Crippen LogP contribution is 2.64. The summed E-state index contributed by atoms with van der Waals surface area (Å²) in [5, 5.41) is 0. The van der Waals surface area contributed by atoms with Gasteiger partial charge < -0.3 is 9.47 Å². The number of rotatable bonds is 11. The summed E-state index contributed by atoms with van der Waals surface area (Å²) < 4.78 is 33.7. The summed E-state index contributed by atoms with van der Waals surface area (Å²) in [7, 11) is -1.49. The number of hydrogen-bond donors (Lipinski definition) is 0. The maximum atomic E-state index is 12.1. The molecule has 1 saturated carbocycles. The Hall–Kier alpha value is -3.12. The molecule has 0 N–H and O–H groups in total. The van der Waals surface area contributed by atoms with Gasteiger partial charge >= 0.3 is 5.97 Å². The maximum Gasteiger partial charge on any atom is 0.306 e. The van der Waals surface area contributed by atoms with Crippen molar-refractivity contribution >= 4 is 15.8 Å². The van der Waals surface area contributed by atoms with E-state index >= 15 is 0 Å². The summed E-state index contributed by atoms with van der Waals surface area (Å²) in [6.07, 6.45) is 7.68. The topological polar surface area (TPSA) is 69.7 Å². The molecular formula is C35H42O5S. The fourth-order valence-electron chi connectivity index (χ4n) is 6.85. The van der Waals surface area contributed by atoms with E-state index in [4.69, 9.17) is 9.47 Å². The molecule has 0 heterocycles. The molecule has 0 aliphatic heterocycles. The summed E-state index contributed by atoms with van der Waals surface area (Å²) in [4.78, 5) is 12.1. The minimum absolute atomic E-state index is 0.106. The Labute approximate surface area is 245 Å². The van der Waals surface area contributed by atoms with Crippen molar-refractivity contribution < 1.29 is 22.7 Å². The van der Waals surface area contributed by atoms with Crippen LogP contribution in [0.5, 0.6) is 5.75 Å². The second kappa shape index (κ2) is 11.6. The number of fused-ring (bicyclic) bond motifs is 1. The number of carbonyl (C=O) groups excluding carboxylic acids is 1. The van der Waals surface area contributed by atoms with Crippen LogP contribution < -0.4 is 4.74 Å². The molecule has 218 valence electrons. The van der Waals surface area contributed by atoms with E-state index in [1.807, 2.05) is 0 Å². The normalized spacial score (nSPS) is 17.0. The van der Waals surface area contributed by atoms with Crippen LogP contribution in [0.15, 0.2) is 48.5 Å². The smallest absolute Gasteiger partial charge is 0.306 e. The number of methoxy groups -OCH3 is 1. The van der Waals surface area contributed by atoms with Gasteiger partial charge in [0.15, 0.2) is 0 Å². The van der Waals surface area contributed by atoms with Crippen molar-refractivity contribution in [2.24, 2.45) is 5.41 Å². The van der Waals surface area contributed by atoms with Gasteiger partial charge in [0, 0.05) is 12.2 Å². The van der Waals surface area contributed by atoms with Gasteiger partial charge in [-0.15, -0.1) is 0 Å². The average molecular weight is 575 g/mol. The number of benzene rings is 3. The van der Waals surface area contributed by atoms with Crippen molar-refractivity contribution in [1.29, 1.82) is 0 Å². The van der Waals surface area contributed by atoms with Gasteiger partial charge in [-0.2, -0.15) is 0 Å². The molecule has 0 aromatic heterocycles. The zero-order valence-electron chi connectivity index (χ0n) is 25.0. The predicted molar refractivity (Wildman–Crippen MR) is 165 cm³/mol. The molecule has 41 heavy (non-hydrogen) atoms. The van der Waals surface area contributed by atoms with E-state index < -0.39 is 9.84 Å². The van der Waals surface area contributed by atoms with Crippen molar-refractivity contribution in [2.75, 3.05) is 25.7 Å². The number of esters is 1. The van der Waals surface area contributed by atoms with E-state index in [-0.39, 0.29) is 17.1 Å². The van der Waals surface area contributed by atoms with Gasteiger partial charge in [0.2, 0.25) is 0 Å². The highest BCUT2D eigenvalue weighted by Gasteiger charge is 2.54. The second-order valence-electron chi connectivity index (χ2n) is 12.3. The molecule has 5 nitrogen and oxygen atoms in total. The molecule has 2 aliphatic rings. The van der Waals surface area contributed by atoms with Crippen LogP contribution in [0, 0.1) is 26.2 Å². The maximum absolute atomic E-state index is 12.1.